The summed E-state index contributed by atoms with van der Waals surface area (Å²) in [5.74, 6) is -1.15. The van der Waals surface area contributed by atoms with Gasteiger partial charge in [-0.25, -0.2) is 8.78 Å². The molecule has 0 atom stereocenters. The largest absolute Gasteiger partial charge is 0.349 e. The number of amides is 2. The number of aryl methyl sites for hydroxylation is 1. The molecule has 26 heavy (non-hydrogen) atoms. The Morgan fingerprint density at radius 2 is 1.96 bits per heavy atom. The Kier molecular flexibility index (Phi) is 5.98. The molecule has 1 aliphatic heterocycles. The van der Waals surface area contributed by atoms with Gasteiger partial charge in [0.25, 0.3) is 5.91 Å². The fourth-order valence-electron chi connectivity index (χ4n) is 3.07. The second-order valence-electron chi connectivity index (χ2n) is 6.38. The summed E-state index contributed by atoms with van der Waals surface area (Å²) in [6.45, 7) is 1.11. The lowest BCUT2D eigenvalue weighted by Gasteiger charge is -2.32. The van der Waals surface area contributed by atoms with E-state index < -0.39 is 11.6 Å². The van der Waals surface area contributed by atoms with Gasteiger partial charge in [-0.1, -0.05) is 0 Å². The number of hydrogen-bond donors (Lipinski definition) is 1. The van der Waals surface area contributed by atoms with Crippen molar-refractivity contribution in [3.8, 4) is 0 Å². The van der Waals surface area contributed by atoms with Gasteiger partial charge in [0, 0.05) is 36.5 Å². The lowest BCUT2D eigenvalue weighted by molar-refractivity contribution is -0.132. The molecule has 1 aromatic carbocycles. The third-order valence-corrected chi connectivity index (χ3v) is 5.27. The fraction of sp³-hybridized carbons (Fsp3) is 0.368. The summed E-state index contributed by atoms with van der Waals surface area (Å²) in [6, 6.07) is 5.11. The van der Waals surface area contributed by atoms with Gasteiger partial charge in [-0.3, -0.25) is 9.59 Å². The monoisotopic (exact) mass is 378 g/mol. The van der Waals surface area contributed by atoms with Crippen molar-refractivity contribution in [3.63, 3.8) is 0 Å². The first-order chi connectivity index (χ1) is 12.5. The molecular weight excluding hydrogens is 358 g/mol. The van der Waals surface area contributed by atoms with Gasteiger partial charge in [-0.15, -0.1) is 0 Å². The van der Waals surface area contributed by atoms with Crippen LogP contribution in [0.2, 0.25) is 0 Å². The van der Waals surface area contributed by atoms with Crippen LogP contribution in [0.4, 0.5) is 8.78 Å². The summed E-state index contributed by atoms with van der Waals surface area (Å²) in [6.07, 6.45) is 1.70. The maximum absolute atomic E-state index is 13.6. The van der Waals surface area contributed by atoms with Gasteiger partial charge >= 0.3 is 0 Å². The lowest BCUT2D eigenvalue weighted by atomic mass is 10.0. The van der Waals surface area contributed by atoms with E-state index in [0.717, 1.165) is 18.2 Å². The molecule has 0 spiro atoms. The Morgan fingerprint density at radius 1 is 1.19 bits per heavy atom. The molecule has 0 radical (unpaired) electrons. The number of carbonyl (C=O) groups is 2. The van der Waals surface area contributed by atoms with E-state index in [2.05, 4.69) is 5.32 Å². The second kappa shape index (κ2) is 8.40. The second-order valence-corrected chi connectivity index (χ2v) is 7.16. The molecule has 1 saturated heterocycles. The molecule has 0 bridgehead atoms. The van der Waals surface area contributed by atoms with Crippen LogP contribution in [-0.4, -0.2) is 35.8 Å². The smallest absolute Gasteiger partial charge is 0.252 e. The molecule has 2 heterocycles. The Morgan fingerprint density at radius 3 is 2.65 bits per heavy atom. The molecule has 1 N–H and O–H groups in total. The van der Waals surface area contributed by atoms with Crippen molar-refractivity contribution in [2.24, 2.45) is 0 Å². The first kappa shape index (κ1) is 18.5. The normalized spacial score (nSPS) is 15.1. The molecule has 2 amide bonds. The Bertz CT molecular complexity index is 772. The molecule has 2 aromatic rings. The third-order valence-electron chi connectivity index (χ3n) is 4.58. The van der Waals surface area contributed by atoms with Crippen molar-refractivity contribution < 1.29 is 18.4 Å². The Labute approximate surface area is 154 Å². The zero-order valence-corrected chi connectivity index (χ0v) is 15.0. The van der Waals surface area contributed by atoms with E-state index in [4.69, 9.17) is 0 Å². The fourth-order valence-corrected chi connectivity index (χ4v) is 3.71. The third kappa shape index (κ3) is 4.66. The summed E-state index contributed by atoms with van der Waals surface area (Å²) < 4.78 is 26.8. The average molecular weight is 378 g/mol. The number of rotatable bonds is 5. The zero-order valence-electron chi connectivity index (χ0n) is 14.2. The topological polar surface area (TPSA) is 49.4 Å². The van der Waals surface area contributed by atoms with Crippen molar-refractivity contribution in [1.29, 1.82) is 0 Å². The maximum atomic E-state index is 13.6. The van der Waals surface area contributed by atoms with Crippen molar-refractivity contribution in [3.05, 3.63) is 57.8 Å². The van der Waals surface area contributed by atoms with Gasteiger partial charge < -0.3 is 10.2 Å². The number of nitrogens with zero attached hydrogens (tertiary/aromatic N) is 1. The number of carbonyl (C=O) groups excluding carboxylic acids is 2. The van der Waals surface area contributed by atoms with E-state index in [0.29, 0.717) is 31.5 Å². The van der Waals surface area contributed by atoms with Crippen LogP contribution in [0.25, 0.3) is 0 Å². The van der Waals surface area contributed by atoms with E-state index in [1.54, 1.807) is 16.3 Å². The summed E-state index contributed by atoms with van der Waals surface area (Å²) in [4.78, 5) is 26.1. The number of halogens is 2. The highest BCUT2D eigenvalue weighted by Crippen LogP contribution is 2.16. The van der Waals surface area contributed by atoms with Crippen LogP contribution >= 0.6 is 11.3 Å². The molecule has 138 valence electrons. The first-order valence-corrected chi connectivity index (χ1v) is 9.52. The van der Waals surface area contributed by atoms with Crippen molar-refractivity contribution in [2.75, 3.05) is 13.1 Å². The lowest BCUT2D eigenvalue weighted by Crippen LogP contribution is -2.46. The van der Waals surface area contributed by atoms with Gasteiger partial charge in [0.1, 0.15) is 11.6 Å². The van der Waals surface area contributed by atoms with Crippen molar-refractivity contribution in [2.45, 2.75) is 31.7 Å². The van der Waals surface area contributed by atoms with E-state index >= 15 is 0 Å². The number of hydrogen-bond acceptors (Lipinski definition) is 3. The number of nitrogens with one attached hydrogen (secondary N) is 1. The number of benzene rings is 1. The molecule has 3 rings (SSSR count). The molecule has 0 unspecified atom stereocenters. The van der Waals surface area contributed by atoms with Crippen LogP contribution in [-0.2, 0) is 11.2 Å². The molecule has 0 aliphatic carbocycles. The quantitative estimate of drug-likeness (QED) is 0.867. The highest BCUT2D eigenvalue weighted by Gasteiger charge is 2.24. The van der Waals surface area contributed by atoms with E-state index in [1.165, 1.54) is 11.3 Å². The van der Waals surface area contributed by atoms with Crippen molar-refractivity contribution >= 4 is 23.2 Å². The number of thiophene rings is 1. The average Bonchev–Trinajstić information content (AvgIpc) is 3.18. The predicted octanol–water partition coefficient (Wildman–Crippen LogP) is 3.38. The van der Waals surface area contributed by atoms with Crippen LogP contribution in [0.5, 0.6) is 0 Å². The van der Waals surface area contributed by atoms with Gasteiger partial charge in [0.05, 0.1) is 0 Å². The van der Waals surface area contributed by atoms with Crippen molar-refractivity contribution in [1.82, 2.24) is 10.2 Å². The Hall–Kier alpha value is -2.28. The van der Waals surface area contributed by atoms with Crippen LogP contribution < -0.4 is 5.32 Å². The molecule has 0 saturated carbocycles. The minimum absolute atomic E-state index is 0.0483. The van der Waals surface area contributed by atoms with E-state index in [9.17, 15) is 18.4 Å². The van der Waals surface area contributed by atoms with Crippen LogP contribution in [0.1, 0.15) is 35.2 Å². The van der Waals surface area contributed by atoms with Gasteiger partial charge in [-0.05, 0) is 54.5 Å². The van der Waals surface area contributed by atoms with Crippen LogP contribution in [0.3, 0.4) is 0 Å². The molecule has 1 aromatic heterocycles. The van der Waals surface area contributed by atoms with Crippen LogP contribution in [0.15, 0.2) is 35.0 Å². The van der Waals surface area contributed by atoms with Gasteiger partial charge in [0.15, 0.2) is 0 Å². The standard InChI is InChI=1S/C19H20F2N2O2S/c20-15-2-3-17(21)13(11-15)1-4-18(24)23-8-5-16(6-9-23)22-19(25)14-7-10-26-12-14/h2-3,7,10-12,16H,1,4-6,8-9H2,(H,22,25). The SMILES string of the molecule is O=C(NC1CCN(C(=O)CCc2cc(F)ccc2F)CC1)c1ccsc1. The van der Waals surface area contributed by atoms with Crippen LogP contribution in [0, 0.1) is 11.6 Å². The molecule has 1 fully saturated rings. The first-order valence-electron chi connectivity index (χ1n) is 8.57. The molecule has 1 aliphatic rings. The summed E-state index contributed by atoms with van der Waals surface area (Å²) >= 11 is 1.48. The van der Waals surface area contributed by atoms with Gasteiger partial charge in [-0.2, -0.15) is 11.3 Å². The number of piperidine rings is 1. The van der Waals surface area contributed by atoms with Gasteiger partial charge in [0.2, 0.25) is 5.91 Å². The summed E-state index contributed by atoms with van der Waals surface area (Å²) in [5, 5.41) is 6.65. The highest BCUT2D eigenvalue weighted by atomic mass is 32.1. The zero-order chi connectivity index (χ0) is 18.5. The predicted molar refractivity (Wildman–Crippen MR) is 96.1 cm³/mol. The Balaban J connectivity index is 1.44. The minimum atomic E-state index is -0.504. The minimum Gasteiger partial charge on any atom is -0.349 e. The van der Waals surface area contributed by atoms with E-state index in [-0.39, 0.29) is 36.3 Å². The number of likely N-dealkylation sites (tertiary alicyclic amines) is 1. The summed E-state index contributed by atoms with van der Waals surface area (Å²) in [7, 11) is 0. The highest BCUT2D eigenvalue weighted by molar-refractivity contribution is 7.08. The summed E-state index contributed by atoms with van der Waals surface area (Å²) in [5.41, 5.74) is 0.877. The maximum Gasteiger partial charge on any atom is 0.252 e. The molecular formula is C19H20F2N2O2S. The molecule has 7 heteroatoms. The molecule has 4 nitrogen and oxygen atoms in total. The van der Waals surface area contributed by atoms with E-state index in [1.807, 2.05) is 5.38 Å².